The van der Waals surface area contributed by atoms with E-state index in [-0.39, 0.29) is 21.6 Å². The fourth-order valence-electron chi connectivity index (χ4n) is 4.93. The van der Waals surface area contributed by atoms with Gasteiger partial charge in [-0.15, -0.1) is 0 Å². The molecular weight excluding hydrogens is 743 g/mol. The average molecular weight is 772 g/mol. The van der Waals surface area contributed by atoms with Crippen LogP contribution in [0.25, 0.3) is 11.1 Å². The molecule has 0 saturated carbocycles. The van der Waals surface area contributed by atoms with Crippen LogP contribution < -0.4 is 20.1 Å². The Morgan fingerprint density at radius 3 is 0.981 bits per heavy atom. The molecule has 2 amide bonds. The van der Waals surface area contributed by atoms with E-state index in [2.05, 4.69) is 20.1 Å². The lowest BCUT2D eigenvalue weighted by molar-refractivity contribution is 0.101. The van der Waals surface area contributed by atoms with Crippen molar-refractivity contribution in [3.05, 3.63) is 167 Å². The number of sulfonamides is 2. The molecule has 0 radical (unpaired) electrons. The third kappa shape index (κ3) is 8.97. The van der Waals surface area contributed by atoms with Gasteiger partial charge >= 0.3 is 0 Å². The number of hydrogen-bond donors (Lipinski definition) is 4. The van der Waals surface area contributed by atoms with E-state index in [9.17, 15) is 26.4 Å². The van der Waals surface area contributed by atoms with Crippen LogP contribution in [0.2, 0.25) is 10.0 Å². The van der Waals surface area contributed by atoms with Crippen molar-refractivity contribution >= 4 is 77.8 Å². The van der Waals surface area contributed by atoms with Crippen LogP contribution in [0, 0.1) is 0 Å². The second kappa shape index (κ2) is 15.3. The smallest absolute Gasteiger partial charge is 0.261 e. The molecule has 6 aromatic rings. The van der Waals surface area contributed by atoms with Crippen LogP contribution in [0.1, 0.15) is 20.7 Å². The summed E-state index contributed by atoms with van der Waals surface area (Å²) in [5, 5.41) is 6.51. The number of amides is 2. The lowest BCUT2D eigenvalue weighted by Crippen LogP contribution is -2.14. The fourth-order valence-corrected chi connectivity index (χ4v) is 7.30. The second-order valence-corrected chi connectivity index (χ2v) is 15.6. The number of benzene rings is 6. The highest BCUT2D eigenvalue weighted by molar-refractivity contribution is 7.93. The van der Waals surface area contributed by atoms with E-state index < -0.39 is 20.0 Å². The Morgan fingerprint density at radius 1 is 0.385 bits per heavy atom. The minimum absolute atomic E-state index is 0.0615. The van der Waals surface area contributed by atoms with Crippen LogP contribution in [0.3, 0.4) is 0 Å². The van der Waals surface area contributed by atoms with Crippen molar-refractivity contribution in [2.45, 2.75) is 9.79 Å². The topological polar surface area (TPSA) is 151 Å². The molecule has 0 heterocycles. The maximum absolute atomic E-state index is 12.9. The first-order valence-corrected chi connectivity index (χ1v) is 19.2. The quantitative estimate of drug-likeness (QED) is 0.103. The summed E-state index contributed by atoms with van der Waals surface area (Å²) in [5.74, 6) is -0.734. The van der Waals surface area contributed by atoms with E-state index in [1.165, 1.54) is 97.1 Å². The van der Waals surface area contributed by atoms with E-state index in [1.54, 1.807) is 24.3 Å². The number of nitrogens with one attached hydrogen (secondary N) is 4. The minimum atomic E-state index is -3.82. The zero-order chi connectivity index (χ0) is 36.9. The molecule has 0 spiro atoms. The van der Waals surface area contributed by atoms with Gasteiger partial charge in [-0.1, -0.05) is 47.5 Å². The Labute approximate surface area is 310 Å². The first kappa shape index (κ1) is 36.1. The van der Waals surface area contributed by atoms with Gasteiger partial charge in [0.25, 0.3) is 31.9 Å². The molecule has 10 nitrogen and oxygen atoms in total. The van der Waals surface area contributed by atoms with Gasteiger partial charge in [0, 0.05) is 43.9 Å². The van der Waals surface area contributed by atoms with E-state index in [0.29, 0.717) is 43.9 Å². The molecule has 0 unspecified atom stereocenters. The number of carbonyl (C=O) groups excluding carboxylic acids is 2. The third-order valence-corrected chi connectivity index (χ3v) is 11.0. The van der Waals surface area contributed by atoms with Gasteiger partial charge in [0.1, 0.15) is 0 Å². The molecule has 0 aromatic heterocycles. The van der Waals surface area contributed by atoms with Gasteiger partial charge in [0.15, 0.2) is 0 Å². The summed E-state index contributed by atoms with van der Waals surface area (Å²) in [6, 6.07) is 38.1. The zero-order valence-corrected chi connectivity index (χ0v) is 30.0. The van der Waals surface area contributed by atoms with Crippen molar-refractivity contribution in [3.63, 3.8) is 0 Å². The van der Waals surface area contributed by atoms with Crippen LogP contribution in [-0.4, -0.2) is 28.6 Å². The van der Waals surface area contributed by atoms with Crippen LogP contribution >= 0.6 is 23.2 Å². The number of carbonyl (C=O) groups is 2. The van der Waals surface area contributed by atoms with Crippen LogP contribution in [0.5, 0.6) is 0 Å². The lowest BCUT2D eigenvalue weighted by Gasteiger charge is -2.11. The highest BCUT2D eigenvalue weighted by atomic mass is 35.5. The Morgan fingerprint density at radius 2 is 0.673 bits per heavy atom. The van der Waals surface area contributed by atoms with Gasteiger partial charge in [0.2, 0.25) is 0 Å². The van der Waals surface area contributed by atoms with Gasteiger partial charge in [-0.25, -0.2) is 16.8 Å². The molecule has 0 aliphatic rings. The Hall–Kier alpha value is -5.66. The summed E-state index contributed by atoms with van der Waals surface area (Å²) in [6.45, 7) is 0. The fraction of sp³-hybridized carbons (Fsp3) is 0. The molecule has 0 aliphatic carbocycles. The highest BCUT2D eigenvalue weighted by Crippen LogP contribution is 2.25. The number of halogens is 2. The van der Waals surface area contributed by atoms with E-state index in [4.69, 9.17) is 23.2 Å². The molecular formula is C38H28Cl2N4O6S2. The van der Waals surface area contributed by atoms with Gasteiger partial charge in [-0.2, -0.15) is 0 Å². The zero-order valence-electron chi connectivity index (χ0n) is 26.9. The van der Waals surface area contributed by atoms with Gasteiger partial charge in [-0.05, 0) is 132 Å². The standard InChI is InChI=1S/C38H28Cl2N4O6S2/c39-29-9-21-35(22-10-29)51(47,48)43-33-17-5-27(6-18-33)37(45)41-31-13-1-25(2-14-31)26-3-15-32(16-4-26)42-38(46)28-7-19-34(20-8-28)44-52(49,50)36-23-11-30(40)12-24-36/h1-24,43-44H,(H,41,45)(H,42,46). The third-order valence-electron chi connectivity index (χ3n) is 7.67. The molecule has 262 valence electrons. The molecule has 6 rings (SSSR count). The second-order valence-electron chi connectivity index (χ2n) is 11.3. The van der Waals surface area contributed by atoms with Gasteiger partial charge < -0.3 is 10.6 Å². The van der Waals surface area contributed by atoms with Crippen LogP contribution in [0.4, 0.5) is 22.7 Å². The first-order valence-electron chi connectivity index (χ1n) is 15.4. The summed E-state index contributed by atoms with van der Waals surface area (Å²) in [4.78, 5) is 25.8. The molecule has 6 aromatic carbocycles. The maximum atomic E-state index is 12.9. The van der Waals surface area contributed by atoms with Crippen LogP contribution in [-0.2, 0) is 20.0 Å². The Kier molecular flexibility index (Phi) is 10.6. The highest BCUT2D eigenvalue weighted by Gasteiger charge is 2.16. The first-order chi connectivity index (χ1) is 24.8. The summed E-state index contributed by atoms with van der Waals surface area (Å²) in [7, 11) is -7.64. The SMILES string of the molecule is O=C(Nc1ccc(-c2ccc(NC(=O)c3ccc(NS(=O)(=O)c4ccc(Cl)cc4)cc3)cc2)cc1)c1ccc(NS(=O)(=O)c2ccc(Cl)cc2)cc1. The monoisotopic (exact) mass is 770 g/mol. The van der Waals surface area contributed by atoms with Crippen molar-refractivity contribution in [1.82, 2.24) is 0 Å². The van der Waals surface area contributed by atoms with Crippen LogP contribution in [0.15, 0.2) is 155 Å². The molecule has 0 saturated heterocycles. The molecule has 14 heteroatoms. The summed E-state index contributed by atoms with van der Waals surface area (Å²) >= 11 is 11.7. The predicted molar refractivity (Wildman–Crippen MR) is 205 cm³/mol. The molecule has 0 bridgehead atoms. The molecule has 0 aliphatic heterocycles. The van der Waals surface area contributed by atoms with Gasteiger partial charge in [-0.3, -0.25) is 19.0 Å². The molecule has 52 heavy (non-hydrogen) atoms. The van der Waals surface area contributed by atoms with Crippen molar-refractivity contribution in [2.75, 3.05) is 20.1 Å². The molecule has 0 atom stereocenters. The maximum Gasteiger partial charge on any atom is 0.261 e. The Balaban J connectivity index is 1.01. The van der Waals surface area contributed by atoms with Crippen molar-refractivity contribution < 1.29 is 26.4 Å². The number of hydrogen-bond acceptors (Lipinski definition) is 6. The summed E-state index contributed by atoms with van der Waals surface area (Å²) in [6.07, 6.45) is 0. The van der Waals surface area contributed by atoms with Crippen molar-refractivity contribution in [2.24, 2.45) is 0 Å². The van der Waals surface area contributed by atoms with Crippen molar-refractivity contribution in [3.8, 4) is 11.1 Å². The summed E-state index contributed by atoms with van der Waals surface area (Å²) < 4.78 is 55.5. The van der Waals surface area contributed by atoms with Gasteiger partial charge in [0.05, 0.1) is 9.79 Å². The van der Waals surface area contributed by atoms with E-state index >= 15 is 0 Å². The largest absolute Gasteiger partial charge is 0.322 e. The summed E-state index contributed by atoms with van der Waals surface area (Å²) in [5.41, 5.74) is 4.16. The molecule has 0 fully saturated rings. The number of anilines is 4. The average Bonchev–Trinajstić information content (AvgIpc) is 3.13. The number of rotatable bonds is 11. The van der Waals surface area contributed by atoms with E-state index in [0.717, 1.165) is 11.1 Å². The van der Waals surface area contributed by atoms with Crippen molar-refractivity contribution in [1.29, 1.82) is 0 Å². The normalized spacial score (nSPS) is 11.3. The lowest BCUT2D eigenvalue weighted by atomic mass is 10.0. The minimum Gasteiger partial charge on any atom is -0.322 e. The van der Waals surface area contributed by atoms with E-state index in [1.807, 2.05) is 24.3 Å². The predicted octanol–water partition coefficient (Wildman–Crippen LogP) is 8.77. The molecule has 4 N–H and O–H groups in total. The Bertz CT molecular complexity index is 2270.